The van der Waals surface area contributed by atoms with Crippen molar-refractivity contribution in [1.29, 1.82) is 0 Å². The van der Waals surface area contributed by atoms with Gasteiger partial charge in [0.1, 0.15) is 6.61 Å². The molecule has 2 rings (SSSR count). The second kappa shape index (κ2) is 8.04. The Morgan fingerprint density at radius 2 is 1.96 bits per heavy atom. The summed E-state index contributed by atoms with van der Waals surface area (Å²) < 4.78 is 36.9. The maximum atomic E-state index is 12.1. The van der Waals surface area contributed by atoms with E-state index in [0.717, 1.165) is 11.3 Å². The predicted octanol–water partition coefficient (Wildman–Crippen LogP) is 0.862. The number of sulfonamides is 1. The number of hydrogen-bond donors (Lipinski definition) is 2. The summed E-state index contributed by atoms with van der Waals surface area (Å²) >= 11 is 0.763. The second-order valence-corrected chi connectivity index (χ2v) is 7.37. The molecule has 9 nitrogen and oxygen atoms in total. The molecule has 130 valence electrons. The third-order valence-corrected chi connectivity index (χ3v) is 5.31. The van der Waals surface area contributed by atoms with Crippen LogP contribution in [0.5, 0.6) is 11.5 Å². The highest BCUT2D eigenvalue weighted by Gasteiger charge is 2.20. The number of para-hydroxylation sites is 2. The number of anilines is 1. The van der Waals surface area contributed by atoms with E-state index < -0.39 is 10.0 Å². The zero-order chi connectivity index (χ0) is 17.6. The summed E-state index contributed by atoms with van der Waals surface area (Å²) in [5, 5.41) is 9.63. The van der Waals surface area contributed by atoms with Crippen LogP contribution in [0.2, 0.25) is 0 Å². The van der Waals surface area contributed by atoms with E-state index in [0.29, 0.717) is 11.5 Å². The van der Waals surface area contributed by atoms with E-state index in [2.05, 4.69) is 20.2 Å². The summed E-state index contributed by atoms with van der Waals surface area (Å²) in [6.45, 7) is 1.44. The van der Waals surface area contributed by atoms with Gasteiger partial charge in [-0.3, -0.25) is 4.79 Å². The van der Waals surface area contributed by atoms with Crippen LogP contribution in [0.4, 0.5) is 5.13 Å². The van der Waals surface area contributed by atoms with Gasteiger partial charge in [-0.1, -0.05) is 23.5 Å². The number of ether oxygens (including phenoxy) is 2. The van der Waals surface area contributed by atoms with Gasteiger partial charge in [-0.15, -0.1) is 10.2 Å². The molecule has 0 saturated heterocycles. The normalized spacial score (nSPS) is 11.1. The van der Waals surface area contributed by atoms with Gasteiger partial charge in [0.25, 0.3) is 10.0 Å². The lowest BCUT2D eigenvalue weighted by atomic mass is 10.3. The maximum absolute atomic E-state index is 12.1. The molecule has 11 heteroatoms. The van der Waals surface area contributed by atoms with E-state index >= 15 is 0 Å². The molecule has 0 spiro atoms. The Balaban J connectivity index is 1.89. The van der Waals surface area contributed by atoms with Crippen LogP contribution in [0.25, 0.3) is 0 Å². The van der Waals surface area contributed by atoms with Crippen LogP contribution in [-0.4, -0.2) is 44.8 Å². The van der Waals surface area contributed by atoms with Crippen molar-refractivity contribution in [2.75, 3.05) is 25.6 Å². The molecular weight excluding hydrogens is 356 g/mol. The topological polar surface area (TPSA) is 120 Å². The Morgan fingerprint density at radius 3 is 2.62 bits per heavy atom. The number of hydrogen-bond acceptors (Lipinski definition) is 8. The molecule has 0 aliphatic heterocycles. The van der Waals surface area contributed by atoms with Gasteiger partial charge in [0, 0.05) is 13.5 Å². The van der Waals surface area contributed by atoms with Crippen molar-refractivity contribution in [3.05, 3.63) is 24.3 Å². The van der Waals surface area contributed by atoms with Crippen molar-refractivity contribution in [3.8, 4) is 11.5 Å². The summed E-state index contributed by atoms with van der Waals surface area (Å²) in [6.07, 6.45) is 0. The first-order valence-electron chi connectivity index (χ1n) is 6.79. The van der Waals surface area contributed by atoms with Crippen molar-refractivity contribution in [2.24, 2.45) is 0 Å². The zero-order valence-corrected chi connectivity index (χ0v) is 14.6. The standard InChI is InChI=1S/C13H16N4O5S2/c1-9(18)15-12-16-17-13(23-12)24(19,20)14-7-8-22-11-6-4-3-5-10(11)21-2/h3-6,14H,7-8H2,1-2H3,(H,15,16,18). The lowest BCUT2D eigenvalue weighted by molar-refractivity contribution is -0.114. The van der Waals surface area contributed by atoms with Crippen molar-refractivity contribution in [1.82, 2.24) is 14.9 Å². The Hall–Kier alpha value is -2.24. The molecule has 0 aliphatic rings. The predicted molar refractivity (Wildman–Crippen MR) is 87.9 cm³/mol. The molecule has 0 bridgehead atoms. The third kappa shape index (κ3) is 4.88. The van der Waals surface area contributed by atoms with Crippen LogP contribution in [0.1, 0.15) is 6.92 Å². The number of carbonyl (C=O) groups is 1. The van der Waals surface area contributed by atoms with Crippen LogP contribution < -0.4 is 19.5 Å². The van der Waals surface area contributed by atoms with Crippen LogP contribution >= 0.6 is 11.3 Å². The summed E-state index contributed by atoms with van der Waals surface area (Å²) in [5.41, 5.74) is 0. The Labute approximate surface area is 143 Å². The van der Waals surface area contributed by atoms with Gasteiger partial charge >= 0.3 is 0 Å². The average molecular weight is 372 g/mol. The highest BCUT2D eigenvalue weighted by Crippen LogP contribution is 2.25. The van der Waals surface area contributed by atoms with Crippen LogP contribution in [0, 0.1) is 0 Å². The minimum atomic E-state index is -3.81. The number of nitrogens with zero attached hydrogens (tertiary/aromatic N) is 2. The molecule has 0 aliphatic carbocycles. The van der Waals surface area contributed by atoms with E-state index in [1.54, 1.807) is 24.3 Å². The molecule has 0 atom stereocenters. The number of methoxy groups -OCH3 is 1. The molecule has 2 aromatic rings. The fourth-order valence-corrected chi connectivity index (χ4v) is 3.66. The van der Waals surface area contributed by atoms with E-state index in [9.17, 15) is 13.2 Å². The SMILES string of the molecule is COc1ccccc1OCCNS(=O)(=O)c1nnc(NC(C)=O)s1. The molecular formula is C13H16N4O5S2. The molecule has 0 unspecified atom stereocenters. The number of carbonyl (C=O) groups excluding carboxylic acids is 1. The fraction of sp³-hybridized carbons (Fsp3) is 0.308. The van der Waals surface area contributed by atoms with Gasteiger partial charge in [-0.2, -0.15) is 0 Å². The number of aromatic nitrogens is 2. The first kappa shape index (κ1) is 18.1. The second-order valence-electron chi connectivity index (χ2n) is 4.45. The van der Waals surface area contributed by atoms with E-state index in [1.165, 1.54) is 14.0 Å². The highest BCUT2D eigenvalue weighted by molar-refractivity contribution is 7.91. The summed E-state index contributed by atoms with van der Waals surface area (Å²) in [4.78, 5) is 10.9. The Morgan fingerprint density at radius 1 is 1.25 bits per heavy atom. The van der Waals surface area contributed by atoms with Gasteiger partial charge in [0.05, 0.1) is 7.11 Å². The number of amides is 1. The molecule has 1 amide bonds. The minimum Gasteiger partial charge on any atom is -0.493 e. The van der Waals surface area contributed by atoms with Crippen molar-refractivity contribution < 1.29 is 22.7 Å². The average Bonchev–Trinajstić information content (AvgIpc) is 3.00. The number of benzene rings is 1. The van der Waals surface area contributed by atoms with Gasteiger partial charge in [0.2, 0.25) is 15.4 Å². The number of rotatable bonds is 8. The van der Waals surface area contributed by atoms with Gasteiger partial charge in [0.15, 0.2) is 11.5 Å². The molecule has 1 aromatic heterocycles. The smallest absolute Gasteiger partial charge is 0.269 e. The van der Waals surface area contributed by atoms with Crippen LogP contribution in [0.15, 0.2) is 28.6 Å². The van der Waals surface area contributed by atoms with Gasteiger partial charge < -0.3 is 14.8 Å². The van der Waals surface area contributed by atoms with Crippen LogP contribution in [-0.2, 0) is 14.8 Å². The minimum absolute atomic E-state index is 0.0371. The molecule has 0 fully saturated rings. The third-order valence-electron chi connectivity index (χ3n) is 2.64. The number of nitrogens with one attached hydrogen (secondary N) is 2. The first-order valence-corrected chi connectivity index (χ1v) is 9.09. The maximum Gasteiger partial charge on any atom is 0.269 e. The molecule has 1 heterocycles. The van der Waals surface area contributed by atoms with Crippen LogP contribution in [0.3, 0.4) is 0 Å². The molecule has 24 heavy (non-hydrogen) atoms. The summed E-state index contributed by atoms with van der Waals surface area (Å²) in [7, 11) is -2.29. The lowest BCUT2D eigenvalue weighted by Crippen LogP contribution is -2.28. The molecule has 0 radical (unpaired) electrons. The van der Waals surface area contributed by atoms with Gasteiger partial charge in [-0.05, 0) is 12.1 Å². The molecule has 2 N–H and O–H groups in total. The summed E-state index contributed by atoms with van der Waals surface area (Å²) in [5.74, 6) is 0.723. The Bertz CT molecular complexity index is 806. The van der Waals surface area contributed by atoms with Crippen molar-refractivity contribution in [3.63, 3.8) is 0 Å². The first-order chi connectivity index (χ1) is 11.4. The largest absolute Gasteiger partial charge is 0.493 e. The van der Waals surface area contributed by atoms with E-state index in [4.69, 9.17) is 9.47 Å². The Kier molecular flexibility index (Phi) is 6.06. The quantitative estimate of drug-likeness (QED) is 0.521. The van der Waals surface area contributed by atoms with Crippen molar-refractivity contribution >= 4 is 32.4 Å². The monoisotopic (exact) mass is 372 g/mol. The highest BCUT2D eigenvalue weighted by atomic mass is 32.2. The van der Waals surface area contributed by atoms with Crippen molar-refractivity contribution in [2.45, 2.75) is 11.3 Å². The lowest BCUT2D eigenvalue weighted by Gasteiger charge is -2.10. The molecule has 0 saturated carbocycles. The zero-order valence-electron chi connectivity index (χ0n) is 13.0. The summed E-state index contributed by atoms with van der Waals surface area (Å²) in [6, 6.07) is 7.05. The van der Waals surface area contributed by atoms with Gasteiger partial charge in [-0.25, -0.2) is 13.1 Å². The molecule has 1 aromatic carbocycles. The van der Waals surface area contributed by atoms with E-state index in [-0.39, 0.29) is 28.5 Å². The van der Waals surface area contributed by atoms with E-state index in [1.807, 2.05) is 0 Å². The fourth-order valence-electron chi connectivity index (χ4n) is 1.66.